The molecule has 1 amide bonds. The van der Waals surface area contributed by atoms with Gasteiger partial charge in [0.15, 0.2) is 0 Å². The highest BCUT2D eigenvalue weighted by Gasteiger charge is 2.32. The number of carbonyl (C=O) groups is 2. The summed E-state index contributed by atoms with van der Waals surface area (Å²) in [6, 6.07) is -0.900. The molecule has 1 fully saturated rings. The van der Waals surface area contributed by atoms with Crippen LogP contribution in [-0.2, 0) is 9.59 Å². The highest BCUT2D eigenvalue weighted by molar-refractivity contribution is 5.84. The molecule has 1 aliphatic rings. The van der Waals surface area contributed by atoms with E-state index in [1.807, 2.05) is 0 Å². The molecule has 0 radical (unpaired) electrons. The molecule has 12 heavy (non-hydrogen) atoms. The van der Waals surface area contributed by atoms with Crippen molar-refractivity contribution in [2.45, 2.75) is 24.9 Å². The van der Waals surface area contributed by atoms with E-state index in [0.29, 0.717) is 12.8 Å². The van der Waals surface area contributed by atoms with Gasteiger partial charge in [0.25, 0.3) is 0 Å². The number of nitrogens with one attached hydrogen (secondary N) is 2. The number of carboxylic acids is 1. The molecule has 0 aromatic rings. The molecule has 1 aliphatic heterocycles. The minimum Gasteiger partial charge on any atom is -0.480 e. The number of likely N-dealkylation sites (N-methyl/N-ethyl adjacent to an activating group) is 1. The van der Waals surface area contributed by atoms with Gasteiger partial charge in [0.1, 0.15) is 6.04 Å². The molecule has 1 rings (SSSR count). The summed E-state index contributed by atoms with van der Waals surface area (Å²) in [5.41, 5.74) is 0. The zero-order valence-electron chi connectivity index (χ0n) is 6.83. The fraction of sp³-hybridized carbons (Fsp3) is 0.714. The molecule has 0 aromatic heterocycles. The lowest BCUT2D eigenvalue weighted by atomic mass is 10.2. The van der Waals surface area contributed by atoms with Crippen molar-refractivity contribution < 1.29 is 14.7 Å². The normalized spacial score (nSPS) is 28.4. The van der Waals surface area contributed by atoms with Crippen LogP contribution in [0.15, 0.2) is 0 Å². The molecule has 0 aliphatic carbocycles. The van der Waals surface area contributed by atoms with Crippen molar-refractivity contribution in [1.82, 2.24) is 10.6 Å². The standard InChI is InChI=1S/C7H12N2O3/c1-8-6(10)4-2-3-5(9-4)7(11)12/h4-5,9H,2-3H2,1H3,(H,8,10)(H,11,12)/t4-,5+/m0/s1. The first-order valence-corrected chi connectivity index (χ1v) is 3.85. The molecule has 2 atom stereocenters. The van der Waals surface area contributed by atoms with Gasteiger partial charge in [-0.3, -0.25) is 14.9 Å². The lowest BCUT2D eigenvalue weighted by Gasteiger charge is -2.09. The molecule has 0 spiro atoms. The maximum Gasteiger partial charge on any atom is 0.320 e. The Morgan fingerprint density at radius 2 is 2.00 bits per heavy atom. The number of carboxylic acid groups (broad SMARTS) is 1. The summed E-state index contributed by atoms with van der Waals surface area (Å²) in [5, 5.41) is 13.8. The number of aliphatic carboxylic acids is 1. The molecule has 5 nitrogen and oxygen atoms in total. The van der Waals surface area contributed by atoms with Crippen LogP contribution >= 0.6 is 0 Å². The van der Waals surface area contributed by atoms with Crippen LogP contribution in [0.5, 0.6) is 0 Å². The van der Waals surface area contributed by atoms with Crippen molar-refractivity contribution in [3.8, 4) is 0 Å². The maximum absolute atomic E-state index is 11.0. The molecular weight excluding hydrogens is 160 g/mol. The van der Waals surface area contributed by atoms with E-state index < -0.39 is 12.0 Å². The Labute approximate surface area is 70.1 Å². The Balaban J connectivity index is 2.45. The van der Waals surface area contributed by atoms with Gasteiger partial charge in [0.2, 0.25) is 5.91 Å². The van der Waals surface area contributed by atoms with Gasteiger partial charge in [-0.15, -0.1) is 0 Å². The second-order valence-electron chi connectivity index (χ2n) is 2.80. The summed E-state index contributed by atoms with van der Waals surface area (Å²) < 4.78 is 0. The number of rotatable bonds is 2. The van der Waals surface area contributed by atoms with E-state index in [4.69, 9.17) is 5.11 Å². The van der Waals surface area contributed by atoms with Crippen molar-refractivity contribution in [1.29, 1.82) is 0 Å². The second kappa shape index (κ2) is 3.53. The van der Waals surface area contributed by atoms with Crippen molar-refractivity contribution in [3.63, 3.8) is 0 Å². The second-order valence-corrected chi connectivity index (χ2v) is 2.80. The van der Waals surface area contributed by atoms with Crippen LogP contribution in [0.3, 0.4) is 0 Å². The summed E-state index contributed by atoms with van der Waals surface area (Å²) in [7, 11) is 1.54. The minimum absolute atomic E-state index is 0.140. The summed E-state index contributed by atoms with van der Waals surface area (Å²) in [6.07, 6.45) is 1.12. The molecule has 1 saturated heterocycles. The number of hydrogen-bond acceptors (Lipinski definition) is 3. The van der Waals surface area contributed by atoms with Crippen LogP contribution in [0.25, 0.3) is 0 Å². The van der Waals surface area contributed by atoms with Crippen LogP contribution in [0, 0.1) is 0 Å². The van der Waals surface area contributed by atoms with E-state index in [1.54, 1.807) is 0 Å². The Hall–Kier alpha value is -1.10. The quantitative estimate of drug-likeness (QED) is 0.496. The third-order valence-corrected chi connectivity index (χ3v) is 2.01. The molecular formula is C7H12N2O3. The Bertz CT molecular complexity index is 205. The predicted octanol–water partition coefficient (Wildman–Crippen LogP) is -1.06. The topological polar surface area (TPSA) is 78.4 Å². The first kappa shape index (κ1) is 8.99. The highest BCUT2D eigenvalue weighted by Crippen LogP contribution is 2.12. The van der Waals surface area contributed by atoms with E-state index in [1.165, 1.54) is 7.05 Å². The average molecular weight is 172 g/mol. The lowest BCUT2D eigenvalue weighted by Crippen LogP contribution is -2.43. The highest BCUT2D eigenvalue weighted by atomic mass is 16.4. The average Bonchev–Trinajstić information content (AvgIpc) is 2.51. The molecule has 0 bridgehead atoms. The SMILES string of the molecule is CNC(=O)[C@@H]1CC[C@H](C(=O)O)N1. The van der Waals surface area contributed by atoms with Crippen LogP contribution in [-0.4, -0.2) is 36.1 Å². The van der Waals surface area contributed by atoms with E-state index in [-0.39, 0.29) is 11.9 Å². The van der Waals surface area contributed by atoms with Gasteiger partial charge in [0, 0.05) is 7.05 Å². The summed E-state index contributed by atoms with van der Waals surface area (Å²) in [6.45, 7) is 0. The first-order chi connectivity index (χ1) is 5.65. The van der Waals surface area contributed by atoms with Gasteiger partial charge >= 0.3 is 5.97 Å². The third-order valence-electron chi connectivity index (χ3n) is 2.01. The third kappa shape index (κ3) is 1.73. The van der Waals surface area contributed by atoms with Crippen LogP contribution in [0.1, 0.15) is 12.8 Å². The van der Waals surface area contributed by atoms with Crippen molar-refractivity contribution in [2.75, 3.05) is 7.05 Å². The molecule has 0 aromatic carbocycles. The van der Waals surface area contributed by atoms with Crippen LogP contribution in [0.2, 0.25) is 0 Å². The fourth-order valence-electron chi connectivity index (χ4n) is 1.32. The van der Waals surface area contributed by atoms with Crippen molar-refractivity contribution in [2.24, 2.45) is 0 Å². The Kier molecular flexibility index (Phi) is 2.65. The van der Waals surface area contributed by atoms with E-state index >= 15 is 0 Å². The predicted molar refractivity (Wildman–Crippen MR) is 41.6 cm³/mol. The number of amides is 1. The summed E-state index contributed by atoms with van der Waals surface area (Å²) in [5.74, 6) is -1.03. The summed E-state index contributed by atoms with van der Waals surface area (Å²) in [4.78, 5) is 21.5. The van der Waals surface area contributed by atoms with Gasteiger partial charge in [0.05, 0.1) is 6.04 Å². The molecule has 0 saturated carbocycles. The van der Waals surface area contributed by atoms with Gasteiger partial charge in [-0.1, -0.05) is 0 Å². The molecule has 3 N–H and O–H groups in total. The van der Waals surface area contributed by atoms with Gasteiger partial charge in [-0.2, -0.15) is 0 Å². The number of carbonyl (C=O) groups excluding carboxylic acids is 1. The van der Waals surface area contributed by atoms with Crippen molar-refractivity contribution >= 4 is 11.9 Å². The number of hydrogen-bond donors (Lipinski definition) is 3. The van der Waals surface area contributed by atoms with Crippen molar-refractivity contribution in [3.05, 3.63) is 0 Å². The monoisotopic (exact) mass is 172 g/mol. The van der Waals surface area contributed by atoms with E-state index in [9.17, 15) is 9.59 Å². The fourth-order valence-corrected chi connectivity index (χ4v) is 1.32. The molecule has 5 heteroatoms. The summed E-state index contributed by atoms with van der Waals surface area (Å²) >= 11 is 0. The minimum atomic E-state index is -0.888. The Morgan fingerprint density at radius 3 is 2.42 bits per heavy atom. The maximum atomic E-state index is 11.0. The van der Waals surface area contributed by atoms with Crippen LogP contribution in [0.4, 0.5) is 0 Å². The largest absolute Gasteiger partial charge is 0.480 e. The zero-order valence-corrected chi connectivity index (χ0v) is 6.83. The molecule has 68 valence electrons. The molecule has 0 unspecified atom stereocenters. The van der Waals surface area contributed by atoms with Crippen LogP contribution < -0.4 is 10.6 Å². The van der Waals surface area contributed by atoms with E-state index in [2.05, 4.69) is 10.6 Å². The Morgan fingerprint density at radius 1 is 1.42 bits per heavy atom. The van der Waals surface area contributed by atoms with Gasteiger partial charge in [-0.05, 0) is 12.8 Å². The van der Waals surface area contributed by atoms with Gasteiger partial charge < -0.3 is 10.4 Å². The zero-order chi connectivity index (χ0) is 9.14. The lowest BCUT2D eigenvalue weighted by molar-refractivity contribution is -0.139. The van der Waals surface area contributed by atoms with E-state index in [0.717, 1.165) is 0 Å². The smallest absolute Gasteiger partial charge is 0.320 e. The first-order valence-electron chi connectivity index (χ1n) is 3.85. The molecule has 1 heterocycles. The van der Waals surface area contributed by atoms with Gasteiger partial charge in [-0.25, -0.2) is 0 Å².